The fourth-order valence-corrected chi connectivity index (χ4v) is 7.63. The highest BCUT2D eigenvalue weighted by atomic mass is 35.5. The van der Waals surface area contributed by atoms with Crippen LogP contribution in [0, 0.1) is 0 Å². The molecular weight excluding hydrogens is 468 g/mol. The van der Waals surface area contributed by atoms with Crippen molar-refractivity contribution in [3.8, 4) is 0 Å². The van der Waals surface area contributed by atoms with Gasteiger partial charge in [-0.05, 0) is 63.3 Å². The smallest absolute Gasteiger partial charge is 0.264 e. The molecule has 2 heterocycles. The van der Waals surface area contributed by atoms with Crippen LogP contribution in [-0.2, 0) is 22.8 Å². The summed E-state index contributed by atoms with van der Waals surface area (Å²) in [5.74, 6) is -0.393. The number of carbonyl (C=O) groups is 2. The number of hydrogen-bond acceptors (Lipinski definition) is 5. The third kappa shape index (κ3) is 4.08. The second kappa shape index (κ2) is 8.15. The van der Waals surface area contributed by atoms with E-state index in [1.807, 2.05) is 12.1 Å². The van der Waals surface area contributed by atoms with Crippen molar-refractivity contribution in [2.45, 2.75) is 56.1 Å². The van der Waals surface area contributed by atoms with Crippen molar-refractivity contribution in [3.63, 3.8) is 0 Å². The Morgan fingerprint density at radius 1 is 1.22 bits per heavy atom. The number of nitrogens with zero attached hydrogens (tertiary/aromatic N) is 1. The van der Waals surface area contributed by atoms with Crippen molar-refractivity contribution < 1.29 is 18.0 Å². The van der Waals surface area contributed by atoms with Crippen LogP contribution in [0.1, 0.15) is 64.8 Å². The van der Waals surface area contributed by atoms with Crippen LogP contribution < -0.4 is 5.32 Å². The van der Waals surface area contributed by atoms with E-state index in [9.17, 15) is 18.0 Å². The SMILES string of the molecule is CC(C)(C)S(=O)(=O)C1(CN2CCc3c(C(=O)NCc4ccc(Cl)cc4)csc3C2=O)CC1. The fourth-order valence-electron chi connectivity index (χ4n) is 4.17. The number of fused-ring (bicyclic) bond motifs is 1. The first-order valence-corrected chi connectivity index (χ1v) is 13.4. The molecule has 0 atom stereocenters. The second-order valence-electron chi connectivity index (χ2n) is 9.54. The first-order chi connectivity index (χ1) is 15.0. The summed E-state index contributed by atoms with van der Waals surface area (Å²) >= 11 is 7.15. The largest absolute Gasteiger partial charge is 0.348 e. The van der Waals surface area contributed by atoms with Gasteiger partial charge in [-0.1, -0.05) is 23.7 Å². The van der Waals surface area contributed by atoms with E-state index in [0.717, 1.165) is 11.1 Å². The van der Waals surface area contributed by atoms with Crippen LogP contribution in [0.3, 0.4) is 0 Å². The van der Waals surface area contributed by atoms with E-state index >= 15 is 0 Å². The number of rotatable bonds is 6. The molecule has 0 saturated heterocycles. The minimum Gasteiger partial charge on any atom is -0.348 e. The Morgan fingerprint density at radius 3 is 2.47 bits per heavy atom. The molecule has 2 aliphatic rings. The van der Waals surface area contributed by atoms with Crippen LogP contribution in [0.15, 0.2) is 29.6 Å². The van der Waals surface area contributed by atoms with Crippen molar-refractivity contribution in [1.82, 2.24) is 10.2 Å². The Labute approximate surface area is 197 Å². The Balaban J connectivity index is 1.46. The molecule has 1 aromatic carbocycles. The molecule has 1 fully saturated rings. The molecule has 6 nitrogen and oxygen atoms in total. The van der Waals surface area contributed by atoms with Crippen molar-refractivity contribution in [2.24, 2.45) is 0 Å². The van der Waals surface area contributed by atoms with Crippen molar-refractivity contribution in [3.05, 3.63) is 56.2 Å². The molecule has 0 bridgehead atoms. The van der Waals surface area contributed by atoms with Gasteiger partial charge in [-0.15, -0.1) is 11.3 Å². The number of nitrogens with one attached hydrogen (secondary N) is 1. The van der Waals surface area contributed by atoms with Gasteiger partial charge in [-0.25, -0.2) is 8.42 Å². The molecule has 0 unspecified atom stereocenters. The molecule has 4 rings (SSSR count). The van der Waals surface area contributed by atoms with Crippen LogP contribution in [-0.4, -0.2) is 47.7 Å². The van der Waals surface area contributed by atoms with Crippen LogP contribution in [0.5, 0.6) is 0 Å². The highest BCUT2D eigenvalue weighted by Crippen LogP contribution is 2.49. The molecule has 1 aromatic heterocycles. The standard InChI is InChI=1S/C23H27ClN2O4S2/c1-22(2,3)32(29,30)23(9-10-23)14-26-11-8-17-18(13-31-19(17)21(26)28)20(27)25-12-15-4-6-16(24)7-5-15/h4-7,13H,8-12,14H2,1-3H3,(H,25,27). The summed E-state index contributed by atoms with van der Waals surface area (Å²) in [5.41, 5.74) is 2.22. The van der Waals surface area contributed by atoms with Crippen molar-refractivity contribution in [1.29, 1.82) is 0 Å². The van der Waals surface area contributed by atoms with Crippen LogP contribution >= 0.6 is 22.9 Å². The number of hydrogen-bond donors (Lipinski definition) is 1. The van der Waals surface area contributed by atoms with Crippen LogP contribution in [0.4, 0.5) is 0 Å². The van der Waals surface area contributed by atoms with E-state index < -0.39 is 19.3 Å². The number of amides is 2. The van der Waals surface area contributed by atoms with E-state index in [0.29, 0.717) is 47.8 Å². The van der Waals surface area contributed by atoms with E-state index in [1.165, 1.54) is 11.3 Å². The van der Waals surface area contributed by atoms with Gasteiger partial charge >= 0.3 is 0 Å². The summed E-state index contributed by atoms with van der Waals surface area (Å²) in [5, 5.41) is 5.26. The summed E-state index contributed by atoms with van der Waals surface area (Å²) in [7, 11) is -3.37. The van der Waals surface area contributed by atoms with Gasteiger partial charge in [0.15, 0.2) is 9.84 Å². The predicted octanol–water partition coefficient (Wildman–Crippen LogP) is 4.08. The Bertz CT molecular complexity index is 1160. The highest BCUT2D eigenvalue weighted by Gasteiger charge is 2.59. The summed E-state index contributed by atoms with van der Waals surface area (Å²) < 4.78 is 24.4. The molecule has 1 aliphatic carbocycles. The first kappa shape index (κ1) is 23.3. The Hall–Kier alpha value is -1.90. The molecule has 2 aromatic rings. The summed E-state index contributed by atoms with van der Waals surface area (Å²) in [4.78, 5) is 28.1. The molecule has 0 radical (unpaired) electrons. The second-order valence-corrected chi connectivity index (χ2v) is 14.0. The zero-order valence-corrected chi connectivity index (χ0v) is 20.8. The number of thiophene rings is 1. The van der Waals surface area contributed by atoms with Gasteiger partial charge in [-0.3, -0.25) is 9.59 Å². The zero-order chi connectivity index (χ0) is 23.3. The number of halogens is 1. The van der Waals surface area contributed by atoms with Gasteiger partial charge in [0, 0.05) is 30.0 Å². The normalized spacial score (nSPS) is 17.8. The maximum Gasteiger partial charge on any atom is 0.264 e. The van der Waals surface area contributed by atoms with Crippen molar-refractivity contribution >= 4 is 44.6 Å². The van der Waals surface area contributed by atoms with E-state index in [-0.39, 0.29) is 18.4 Å². The quantitative estimate of drug-likeness (QED) is 0.656. The maximum absolute atomic E-state index is 13.1. The molecular formula is C23H27ClN2O4S2. The fraction of sp³-hybridized carbons (Fsp3) is 0.478. The van der Waals surface area contributed by atoms with E-state index in [4.69, 9.17) is 11.6 Å². The van der Waals surface area contributed by atoms with Crippen molar-refractivity contribution in [2.75, 3.05) is 13.1 Å². The Kier molecular flexibility index (Phi) is 5.92. The molecule has 32 heavy (non-hydrogen) atoms. The lowest BCUT2D eigenvalue weighted by molar-refractivity contribution is 0.0741. The third-order valence-corrected chi connectivity index (χ3v) is 10.8. The average molecular weight is 495 g/mol. The van der Waals surface area contributed by atoms with Gasteiger partial charge in [0.25, 0.3) is 11.8 Å². The van der Waals surface area contributed by atoms with E-state index in [2.05, 4.69) is 5.32 Å². The lowest BCUT2D eigenvalue weighted by Gasteiger charge is -2.33. The number of sulfone groups is 1. The molecule has 172 valence electrons. The summed E-state index contributed by atoms with van der Waals surface area (Å²) in [6.07, 6.45) is 1.72. The predicted molar refractivity (Wildman–Crippen MR) is 127 cm³/mol. The molecule has 2 amide bonds. The van der Waals surface area contributed by atoms with Gasteiger partial charge < -0.3 is 10.2 Å². The van der Waals surface area contributed by atoms with Gasteiger partial charge in [-0.2, -0.15) is 0 Å². The first-order valence-electron chi connectivity index (χ1n) is 10.6. The molecule has 1 N–H and O–H groups in total. The molecule has 1 aliphatic heterocycles. The summed E-state index contributed by atoms with van der Waals surface area (Å²) in [6.45, 7) is 6.16. The van der Waals surface area contributed by atoms with Gasteiger partial charge in [0.2, 0.25) is 0 Å². The minimum atomic E-state index is -3.37. The van der Waals surface area contributed by atoms with Gasteiger partial charge in [0.1, 0.15) is 0 Å². The molecule has 1 saturated carbocycles. The topological polar surface area (TPSA) is 83.6 Å². The van der Waals surface area contributed by atoms with Crippen LogP contribution in [0.25, 0.3) is 0 Å². The zero-order valence-electron chi connectivity index (χ0n) is 18.4. The van der Waals surface area contributed by atoms with Gasteiger partial charge in [0.05, 0.1) is 19.9 Å². The highest BCUT2D eigenvalue weighted by molar-refractivity contribution is 7.94. The van der Waals surface area contributed by atoms with Crippen LogP contribution in [0.2, 0.25) is 5.02 Å². The minimum absolute atomic E-state index is 0.177. The maximum atomic E-state index is 13.1. The average Bonchev–Trinajstić information content (AvgIpc) is 3.39. The Morgan fingerprint density at radius 2 is 1.88 bits per heavy atom. The molecule has 0 spiro atoms. The number of benzene rings is 1. The lowest BCUT2D eigenvalue weighted by Crippen LogP contribution is -2.49. The number of carbonyl (C=O) groups excluding carboxylic acids is 2. The summed E-state index contributed by atoms with van der Waals surface area (Å²) in [6, 6.07) is 7.25. The molecule has 9 heteroatoms. The lowest BCUT2D eigenvalue weighted by atomic mass is 10.0. The monoisotopic (exact) mass is 494 g/mol. The van der Waals surface area contributed by atoms with E-state index in [1.54, 1.807) is 43.2 Å². The third-order valence-electron chi connectivity index (χ3n) is 6.28.